The zero-order valence-corrected chi connectivity index (χ0v) is 14.9. The van der Waals surface area contributed by atoms with Crippen LogP contribution in [0.5, 0.6) is 0 Å². The second-order valence-corrected chi connectivity index (χ2v) is 6.96. The van der Waals surface area contributed by atoms with Gasteiger partial charge < -0.3 is 5.32 Å². The van der Waals surface area contributed by atoms with E-state index in [-0.39, 0.29) is 0 Å². The van der Waals surface area contributed by atoms with Gasteiger partial charge >= 0.3 is 0 Å². The average molecular weight is 340 g/mol. The summed E-state index contributed by atoms with van der Waals surface area (Å²) in [6, 6.07) is 21.0. The van der Waals surface area contributed by atoms with Crippen LogP contribution in [0, 0.1) is 5.92 Å². The summed E-state index contributed by atoms with van der Waals surface area (Å²) in [7, 11) is 0. The van der Waals surface area contributed by atoms with Crippen LogP contribution in [0.4, 0.5) is 11.4 Å². The van der Waals surface area contributed by atoms with E-state index in [9.17, 15) is 0 Å². The van der Waals surface area contributed by atoms with E-state index in [0.717, 1.165) is 17.3 Å². The van der Waals surface area contributed by atoms with E-state index < -0.39 is 0 Å². The maximum Gasteiger partial charge on any atom is 0.185 e. The molecule has 0 atom stereocenters. The smallest absolute Gasteiger partial charge is 0.185 e. The molecule has 1 aliphatic rings. The Balaban J connectivity index is 1.69. The summed E-state index contributed by atoms with van der Waals surface area (Å²) < 4.78 is 0. The van der Waals surface area contributed by atoms with Crippen molar-refractivity contribution in [2.75, 3.05) is 5.01 Å². The Morgan fingerprint density at radius 1 is 0.875 bits per heavy atom. The van der Waals surface area contributed by atoms with Gasteiger partial charge in [-0.3, -0.25) is 10.4 Å². The van der Waals surface area contributed by atoms with Crippen LogP contribution in [0.2, 0.25) is 0 Å². The van der Waals surface area contributed by atoms with Gasteiger partial charge in [0.1, 0.15) is 0 Å². The van der Waals surface area contributed by atoms with Gasteiger partial charge in [0.05, 0.1) is 11.4 Å². The second-order valence-electron chi connectivity index (χ2n) is 6.55. The van der Waals surface area contributed by atoms with E-state index in [0.29, 0.717) is 11.2 Å². The summed E-state index contributed by atoms with van der Waals surface area (Å²) in [5.74, 6) is 0.842. The SMILES string of the molecule is CC1CCC(NC(=S)NN(c2ccccc2)c2ccccc2)CC1. The van der Waals surface area contributed by atoms with E-state index in [1.807, 2.05) is 41.4 Å². The first kappa shape index (κ1) is 16.8. The fraction of sp³-hybridized carbons (Fsp3) is 0.350. The van der Waals surface area contributed by atoms with Crippen LogP contribution in [-0.4, -0.2) is 11.2 Å². The summed E-state index contributed by atoms with van der Waals surface area (Å²) in [6.07, 6.45) is 4.95. The molecule has 0 bridgehead atoms. The molecule has 0 unspecified atom stereocenters. The van der Waals surface area contributed by atoms with Crippen molar-refractivity contribution in [1.82, 2.24) is 10.7 Å². The quantitative estimate of drug-likeness (QED) is 0.619. The van der Waals surface area contributed by atoms with E-state index >= 15 is 0 Å². The number of hydrazine groups is 1. The van der Waals surface area contributed by atoms with E-state index in [4.69, 9.17) is 12.2 Å². The van der Waals surface area contributed by atoms with Crippen LogP contribution in [0.25, 0.3) is 0 Å². The van der Waals surface area contributed by atoms with Gasteiger partial charge in [0.15, 0.2) is 5.11 Å². The lowest BCUT2D eigenvalue weighted by atomic mass is 9.87. The highest BCUT2D eigenvalue weighted by Crippen LogP contribution is 2.24. The first-order valence-corrected chi connectivity index (χ1v) is 9.10. The molecule has 0 radical (unpaired) electrons. The molecule has 0 aliphatic heterocycles. The number of para-hydroxylation sites is 2. The van der Waals surface area contributed by atoms with Crippen LogP contribution >= 0.6 is 12.2 Å². The number of rotatable bonds is 4. The third-order valence-corrected chi connectivity index (χ3v) is 4.80. The highest BCUT2D eigenvalue weighted by atomic mass is 32.1. The third kappa shape index (κ3) is 4.48. The Kier molecular flexibility index (Phi) is 5.70. The predicted molar refractivity (Wildman–Crippen MR) is 105 cm³/mol. The van der Waals surface area contributed by atoms with Crippen LogP contribution in [0.15, 0.2) is 60.7 Å². The first-order chi connectivity index (χ1) is 11.7. The van der Waals surface area contributed by atoms with Crippen molar-refractivity contribution in [3.05, 3.63) is 60.7 Å². The summed E-state index contributed by atoms with van der Waals surface area (Å²) in [6.45, 7) is 2.33. The van der Waals surface area contributed by atoms with Gasteiger partial charge in [0.2, 0.25) is 0 Å². The third-order valence-electron chi connectivity index (χ3n) is 4.59. The Morgan fingerprint density at radius 3 is 1.88 bits per heavy atom. The molecule has 1 saturated carbocycles. The fourth-order valence-corrected chi connectivity index (χ4v) is 3.41. The fourth-order valence-electron chi connectivity index (χ4n) is 3.16. The number of nitrogens with one attached hydrogen (secondary N) is 2. The average Bonchev–Trinajstić information content (AvgIpc) is 2.63. The zero-order valence-electron chi connectivity index (χ0n) is 14.1. The van der Waals surface area contributed by atoms with Gasteiger partial charge in [0, 0.05) is 6.04 Å². The Bertz CT molecular complexity index is 597. The molecule has 0 saturated heterocycles. The molecule has 2 aromatic rings. The molecule has 1 fully saturated rings. The maximum absolute atomic E-state index is 5.58. The molecular weight excluding hydrogens is 314 g/mol. The summed E-state index contributed by atoms with van der Waals surface area (Å²) in [4.78, 5) is 0. The standard InChI is InChI=1S/C20H25N3S/c1-16-12-14-17(15-13-16)21-20(24)22-23(18-8-4-2-5-9-18)19-10-6-3-7-11-19/h2-11,16-17H,12-15H2,1H3,(H2,21,22,24). The molecule has 4 heteroatoms. The van der Waals surface area contributed by atoms with Crippen LogP contribution < -0.4 is 15.8 Å². The predicted octanol–water partition coefficient (Wildman–Crippen LogP) is 4.78. The largest absolute Gasteiger partial charge is 0.359 e. The van der Waals surface area contributed by atoms with E-state index in [2.05, 4.69) is 41.9 Å². The molecule has 24 heavy (non-hydrogen) atoms. The molecule has 0 aromatic heterocycles. The lowest BCUT2D eigenvalue weighted by Crippen LogP contribution is -2.49. The minimum absolute atomic E-state index is 0.481. The maximum atomic E-state index is 5.58. The molecule has 3 rings (SSSR count). The summed E-state index contributed by atoms with van der Waals surface area (Å²) >= 11 is 5.58. The van der Waals surface area contributed by atoms with Crippen molar-refractivity contribution in [1.29, 1.82) is 0 Å². The molecule has 2 aromatic carbocycles. The van der Waals surface area contributed by atoms with Crippen molar-refractivity contribution in [3.8, 4) is 0 Å². The van der Waals surface area contributed by atoms with Crippen LogP contribution in [0.1, 0.15) is 32.6 Å². The molecule has 3 nitrogen and oxygen atoms in total. The van der Waals surface area contributed by atoms with Crippen molar-refractivity contribution in [3.63, 3.8) is 0 Å². The molecule has 0 heterocycles. The van der Waals surface area contributed by atoms with Gasteiger partial charge in [-0.1, -0.05) is 43.3 Å². The molecule has 2 N–H and O–H groups in total. The number of hydrogen-bond acceptors (Lipinski definition) is 2. The molecule has 126 valence electrons. The van der Waals surface area contributed by atoms with Gasteiger partial charge in [-0.15, -0.1) is 0 Å². The lowest BCUT2D eigenvalue weighted by molar-refractivity contribution is 0.330. The monoisotopic (exact) mass is 339 g/mol. The second kappa shape index (κ2) is 8.15. The van der Waals surface area contributed by atoms with E-state index in [1.165, 1.54) is 25.7 Å². The Hall–Kier alpha value is -2.07. The number of benzene rings is 2. The minimum atomic E-state index is 0.481. The zero-order chi connectivity index (χ0) is 16.8. The van der Waals surface area contributed by atoms with Gasteiger partial charge in [-0.25, -0.2) is 0 Å². The first-order valence-electron chi connectivity index (χ1n) is 8.70. The van der Waals surface area contributed by atoms with Crippen molar-refractivity contribution >= 4 is 28.7 Å². The lowest BCUT2D eigenvalue weighted by Gasteiger charge is -2.31. The summed E-state index contributed by atoms with van der Waals surface area (Å²) in [5.41, 5.74) is 5.48. The van der Waals surface area contributed by atoms with Crippen LogP contribution in [-0.2, 0) is 0 Å². The number of hydrogen-bond donors (Lipinski definition) is 2. The number of thiocarbonyl (C=S) groups is 1. The van der Waals surface area contributed by atoms with Gasteiger partial charge in [-0.2, -0.15) is 0 Å². The highest BCUT2D eigenvalue weighted by molar-refractivity contribution is 7.80. The normalized spacial score (nSPS) is 20.2. The Morgan fingerprint density at radius 2 is 1.38 bits per heavy atom. The number of nitrogens with zero attached hydrogens (tertiary/aromatic N) is 1. The minimum Gasteiger partial charge on any atom is -0.359 e. The van der Waals surface area contributed by atoms with Gasteiger partial charge in [-0.05, 0) is 68.1 Å². The molecule has 0 spiro atoms. The number of anilines is 2. The topological polar surface area (TPSA) is 27.3 Å². The van der Waals surface area contributed by atoms with Crippen molar-refractivity contribution in [2.24, 2.45) is 5.92 Å². The van der Waals surface area contributed by atoms with E-state index in [1.54, 1.807) is 0 Å². The Labute approximate surface area is 150 Å². The van der Waals surface area contributed by atoms with Gasteiger partial charge in [0.25, 0.3) is 0 Å². The summed E-state index contributed by atoms with van der Waals surface area (Å²) in [5, 5.41) is 6.20. The van der Waals surface area contributed by atoms with Crippen molar-refractivity contribution in [2.45, 2.75) is 38.6 Å². The molecule has 1 aliphatic carbocycles. The van der Waals surface area contributed by atoms with Crippen molar-refractivity contribution < 1.29 is 0 Å². The molecule has 0 amide bonds. The highest BCUT2D eigenvalue weighted by Gasteiger charge is 2.19. The molecular formula is C20H25N3S. The van der Waals surface area contributed by atoms with Crippen LogP contribution in [0.3, 0.4) is 0 Å².